The van der Waals surface area contributed by atoms with Crippen molar-refractivity contribution in [1.29, 1.82) is 0 Å². The molecular formula is C11H18N2S. The van der Waals surface area contributed by atoms with Gasteiger partial charge in [-0.2, -0.15) is 0 Å². The summed E-state index contributed by atoms with van der Waals surface area (Å²) in [7, 11) is 0. The van der Waals surface area contributed by atoms with E-state index in [1.807, 2.05) is 30.1 Å². The lowest BCUT2D eigenvalue weighted by atomic mass is 10.2. The summed E-state index contributed by atoms with van der Waals surface area (Å²) < 4.78 is 0. The minimum absolute atomic E-state index is 0.598. The van der Waals surface area contributed by atoms with Gasteiger partial charge < -0.3 is 5.73 Å². The first-order chi connectivity index (χ1) is 6.83. The van der Waals surface area contributed by atoms with Crippen molar-refractivity contribution in [2.24, 2.45) is 0 Å². The van der Waals surface area contributed by atoms with Gasteiger partial charge in [0, 0.05) is 11.1 Å². The fraction of sp³-hybridized carbons (Fsp3) is 0.545. The van der Waals surface area contributed by atoms with Crippen LogP contribution in [0.4, 0.5) is 5.82 Å². The fourth-order valence-electron chi connectivity index (χ4n) is 1.20. The van der Waals surface area contributed by atoms with Crippen LogP contribution in [0.25, 0.3) is 0 Å². The van der Waals surface area contributed by atoms with E-state index >= 15 is 0 Å². The van der Waals surface area contributed by atoms with Gasteiger partial charge in [-0.1, -0.05) is 26.2 Å². The van der Waals surface area contributed by atoms with Crippen LogP contribution < -0.4 is 5.73 Å². The van der Waals surface area contributed by atoms with Crippen molar-refractivity contribution in [3.63, 3.8) is 0 Å². The molecule has 1 aromatic heterocycles. The Morgan fingerprint density at radius 3 is 2.79 bits per heavy atom. The lowest BCUT2D eigenvalue weighted by Gasteiger charge is -2.01. The highest BCUT2D eigenvalue weighted by molar-refractivity contribution is 7.99. The lowest BCUT2D eigenvalue weighted by Crippen LogP contribution is -1.88. The van der Waals surface area contributed by atoms with Crippen LogP contribution >= 0.6 is 11.8 Å². The van der Waals surface area contributed by atoms with Crippen molar-refractivity contribution < 1.29 is 0 Å². The van der Waals surface area contributed by atoms with Gasteiger partial charge in [-0.15, -0.1) is 11.8 Å². The topological polar surface area (TPSA) is 38.9 Å². The van der Waals surface area contributed by atoms with Gasteiger partial charge in [-0.3, -0.25) is 0 Å². The average Bonchev–Trinajstić information content (AvgIpc) is 2.21. The predicted molar refractivity (Wildman–Crippen MR) is 63.5 cm³/mol. The van der Waals surface area contributed by atoms with E-state index in [-0.39, 0.29) is 0 Å². The minimum atomic E-state index is 0.598. The zero-order valence-electron chi connectivity index (χ0n) is 8.70. The van der Waals surface area contributed by atoms with Crippen molar-refractivity contribution in [2.75, 3.05) is 11.5 Å². The van der Waals surface area contributed by atoms with Gasteiger partial charge in [0.1, 0.15) is 5.82 Å². The molecule has 0 unspecified atom stereocenters. The number of pyridine rings is 1. The molecule has 0 aliphatic carbocycles. The van der Waals surface area contributed by atoms with Gasteiger partial charge >= 0.3 is 0 Å². The quantitative estimate of drug-likeness (QED) is 0.578. The number of aromatic nitrogens is 1. The Bertz CT molecular complexity index is 246. The van der Waals surface area contributed by atoms with E-state index in [4.69, 9.17) is 5.73 Å². The van der Waals surface area contributed by atoms with Crippen LogP contribution in [0, 0.1) is 0 Å². The van der Waals surface area contributed by atoms with Gasteiger partial charge in [0.05, 0.1) is 0 Å². The maximum absolute atomic E-state index is 5.50. The molecule has 2 nitrogen and oxygen atoms in total. The first-order valence-corrected chi connectivity index (χ1v) is 6.16. The molecule has 0 spiro atoms. The first-order valence-electron chi connectivity index (χ1n) is 5.17. The van der Waals surface area contributed by atoms with Crippen LogP contribution in [0.15, 0.2) is 23.2 Å². The van der Waals surface area contributed by atoms with Crippen molar-refractivity contribution >= 4 is 17.6 Å². The smallest absolute Gasteiger partial charge is 0.123 e. The van der Waals surface area contributed by atoms with Crippen molar-refractivity contribution in [3.05, 3.63) is 18.3 Å². The zero-order chi connectivity index (χ0) is 10.2. The van der Waals surface area contributed by atoms with E-state index in [9.17, 15) is 0 Å². The Morgan fingerprint density at radius 2 is 2.14 bits per heavy atom. The minimum Gasteiger partial charge on any atom is -0.384 e. The Kier molecular flexibility index (Phi) is 5.45. The number of nitrogen functional groups attached to an aromatic ring is 1. The molecule has 1 heterocycles. The summed E-state index contributed by atoms with van der Waals surface area (Å²) >= 11 is 1.86. The number of rotatable bonds is 6. The molecule has 0 aliphatic rings. The fourth-order valence-corrected chi connectivity index (χ4v) is 2.07. The molecule has 0 saturated carbocycles. The summed E-state index contributed by atoms with van der Waals surface area (Å²) in [6, 6.07) is 3.89. The van der Waals surface area contributed by atoms with Crippen molar-refractivity contribution in [2.45, 2.75) is 37.5 Å². The molecule has 3 heteroatoms. The SMILES string of the molecule is CCCCCCSc1ccc(N)nc1. The number of thioether (sulfide) groups is 1. The third kappa shape index (κ3) is 4.51. The van der Waals surface area contributed by atoms with E-state index in [0.717, 1.165) is 0 Å². The number of hydrogen-bond donors (Lipinski definition) is 1. The highest BCUT2D eigenvalue weighted by Crippen LogP contribution is 2.19. The van der Waals surface area contributed by atoms with Crippen LogP contribution in [0.3, 0.4) is 0 Å². The molecule has 0 radical (unpaired) electrons. The maximum atomic E-state index is 5.50. The highest BCUT2D eigenvalue weighted by atomic mass is 32.2. The third-order valence-corrected chi connectivity index (χ3v) is 3.09. The number of hydrogen-bond acceptors (Lipinski definition) is 3. The van der Waals surface area contributed by atoms with Crippen LogP contribution in [0.5, 0.6) is 0 Å². The Balaban J connectivity index is 2.15. The number of nitrogens with zero attached hydrogens (tertiary/aromatic N) is 1. The van der Waals surface area contributed by atoms with Crippen LogP contribution in [0.2, 0.25) is 0 Å². The molecule has 1 aromatic rings. The summed E-state index contributed by atoms with van der Waals surface area (Å²) in [6.45, 7) is 2.23. The molecule has 0 atom stereocenters. The molecule has 2 N–H and O–H groups in total. The van der Waals surface area contributed by atoms with E-state index in [1.165, 1.54) is 36.3 Å². The summed E-state index contributed by atoms with van der Waals surface area (Å²) in [4.78, 5) is 5.27. The maximum Gasteiger partial charge on any atom is 0.123 e. The second-order valence-electron chi connectivity index (χ2n) is 3.33. The molecule has 0 saturated heterocycles. The van der Waals surface area contributed by atoms with E-state index < -0.39 is 0 Å². The number of anilines is 1. The van der Waals surface area contributed by atoms with Crippen LogP contribution in [0.1, 0.15) is 32.6 Å². The van der Waals surface area contributed by atoms with Gasteiger partial charge in [0.25, 0.3) is 0 Å². The number of unbranched alkanes of at least 4 members (excludes halogenated alkanes) is 3. The molecule has 0 fully saturated rings. The predicted octanol–water partition coefficient (Wildman–Crippen LogP) is 3.34. The lowest BCUT2D eigenvalue weighted by molar-refractivity contribution is 0.706. The zero-order valence-corrected chi connectivity index (χ0v) is 9.52. The second kappa shape index (κ2) is 6.71. The van der Waals surface area contributed by atoms with E-state index in [2.05, 4.69) is 11.9 Å². The average molecular weight is 210 g/mol. The van der Waals surface area contributed by atoms with Crippen molar-refractivity contribution in [1.82, 2.24) is 4.98 Å². The van der Waals surface area contributed by atoms with E-state index in [1.54, 1.807) is 0 Å². The van der Waals surface area contributed by atoms with Gasteiger partial charge in [-0.05, 0) is 24.3 Å². The summed E-state index contributed by atoms with van der Waals surface area (Å²) in [6.07, 6.45) is 7.13. The molecular weight excluding hydrogens is 192 g/mol. The molecule has 1 rings (SSSR count). The molecule has 0 aliphatic heterocycles. The molecule has 78 valence electrons. The van der Waals surface area contributed by atoms with Crippen molar-refractivity contribution in [3.8, 4) is 0 Å². The molecule has 0 amide bonds. The highest BCUT2D eigenvalue weighted by Gasteiger charge is 1.94. The van der Waals surface area contributed by atoms with Gasteiger partial charge in [0.2, 0.25) is 0 Å². The monoisotopic (exact) mass is 210 g/mol. The first kappa shape index (κ1) is 11.4. The van der Waals surface area contributed by atoms with Crippen LogP contribution in [-0.4, -0.2) is 10.7 Å². The third-order valence-electron chi connectivity index (χ3n) is 2.03. The molecule has 0 aromatic carbocycles. The Hall–Kier alpha value is -0.700. The number of nitrogens with two attached hydrogens (primary N) is 1. The Labute approximate surface area is 90.3 Å². The summed E-state index contributed by atoms with van der Waals surface area (Å²) in [5.41, 5.74) is 5.50. The molecule has 14 heavy (non-hydrogen) atoms. The van der Waals surface area contributed by atoms with Gasteiger partial charge in [0.15, 0.2) is 0 Å². The molecule has 0 bridgehead atoms. The Morgan fingerprint density at radius 1 is 1.29 bits per heavy atom. The summed E-state index contributed by atoms with van der Waals surface area (Å²) in [5, 5.41) is 0. The standard InChI is InChI=1S/C11H18N2S/c1-2-3-4-5-8-14-10-6-7-11(12)13-9-10/h6-7,9H,2-5,8H2,1H3,(H2,12,13). The van der Waals surface area contributed by atoms with Gasteiger partial charge in [-0.25, -0.2) is 4.98 Å². The van der Waals surface area contributed by atoms with Crippen LogP contribution in [-0.2, 0) is 0 Å². The van der Waals surface area contributed by atoms with E-state index in [0.29, 0.717) is 5.82 Å². The summed E-state index contributed by atoms with van der Waals surface area (Å²) in [5.74, 6) is 1.78. The normalized spacial score (nSPS) is 10.4. The second-order valence-corrected chi connectivity index (χ2v) is 4.50. The largest absolute Gasteiger partial charge is 0.384 e.